The standard InChI is InChI=1S/C13H19BrN2/c1-10-5-12(8-15-7-10)9-16-4-3-11(2)13(16)6-14/h5,7-8,11,13H,3-4,6,9H2,1-2H3. The van der Waals surface area contributed by atoms with Crippen LogP contribution >= 0.6 is 15.9 Å². The highest BCUT2D eigenvalue weighted by Crippen LogP contribution is 2.26. The molecule has 88 valence electrons. The Morgan fingerprint density at radius 1 is 1.50 bits per heavy atom. The number of rotatable bonds is 3. The van der Waals surface area contributed by atoms with Crippen LogP contribution in [-0.4, -0.2) is 27.8 Å². The van der Waals surface area contributed by atoms with Crippen LogP contribution in [0.15, 0.2) is 18.5 Å². The van der Waals surface area contributed by atoms with E-state index in [-0.39, 0.29) is 0 Å². The maximum atomic E-state index is 4.26. The molecule has 2 nitrogen and oxygen atoms in total. The van der Waals surface area contributed by atoms with Gasteiger partial charge < -0.3 is 0 Å². The van der Waals surface area contributed by atoms with E-state index >= 15 is 0 Å². The number of likely N-dealkylation sites (tertiary alicyclic amines) is 1. The fraction of sp³-hybridized carbons (Fsp3) is 0.615. The Morgan fingerprint density at radius 2 is 2.31 bits per heavy atom. The lowest BCUT2D eigenvalue weighted by atomic mass is 10.1. The molecule has 1 aromatic heterocycles. The van der Waals surface area contributed by atoms with Gasteiger partial charge >= 0.3 is 0 Å². The van der Waals surface area contributed by atoms with Gasteiger partial charge in [0.05, 0.1) is 0 Å². The molecule has 16 heavy (non-hydrogen) atoms. The zero-order valence-corrected chi connectivity index (χ0v) is 11.6. The monoisotopic (exact) mass is 282 g/mol. The Morgan fingerprint density at radius 3 is 3.00 bits per heavy atom. The quantitative estimate of drug-likeness (QED) is 0.793. The first-order chi connectivity index (χ1) is 7.70. The van der Waals surface area contributed by atoms with Crippen molar-refractivity contribution in [1.82, 2.24) is 9.88 Å². The molecule has 2 heterocycles. The van der Waals surface area contributed by atoms with Gasteiger partial charge in [-0.05, 0) is 36.9 Å². The molecule has 1 aliphatic rings. The van der Waals surface area contributed by atoms with Crippen LogP contribution < -0.4 is 0 Å². The largest absolute Gasteiger partial charge is 0.295 e. The van der Waals surface area contributed by atoms with Crippen LogP contribution in [0.5, 0.6) is 0 Å². The minimum Gasteiger partial charge on any atom is -0.295 e. The van der Waals surface area contributed by atoms with E-state index in [1.807, 2.05) is 12.4 Å². The Labute approximate surface area is 106 Å². The van der Waals surface area contributed by atoms with E-state index in [4.69, 9.17) is 0 Å². The van der Waals surface area contributed by atoms with Gasteiger partial charge in [0.1, 0.15) is 0 Å². The molecule has 2 unspecified atom stereocenters. The van der Waals surface area contributed by atoms with Crippen molar-refractivity contribution in [1.29, 1.82) is 0 Å². The molecule has 0 bridgehead atoms. The number of alkyl halides is 1. The molecule has 0 aromatic carbocycles. The highest BCUT2D eigenvalue weighted by Gasteiger charge is 2.29. The summed E-state index contributed by atoms with van der Waals surface area (Å²) in [6, 6.07) is 2.92. The lowest BCUT2D eigenvalue weighted by molar-refractivity contribution is 0.244. The second kappa shape index (κ2) is 5.28. The van der Waals surface area contributed by atoms with E-state index < -0.39 is 0 Å². The summed E-state index contributed by atoms with van der Waals surface area (Å²) in [5.74, 6) is 0.803. The van der Waals surface area contributed by atoms with Gasteiger partial charge in [-0.3, -0.25) is 9.88 Å². The predicted molar refractivity (Wildman–Crippen MR) is 70.7 cm³/mol. The predicted octanol–water partition coefficient (Wildman–Crippen LogP) is 3.00. The molecule has 1 aliphatic heterocycles. The molecule has 0 amide bonds. The first kappa shape index (κ1) is 12.1. The lowest BCUT2D eigenvalue weighted by Gasteiger charge is -2.25. The average Bonchev–Trinajstić information content (AvgIpc) is 2.59. The van der Waals surface area contributed by atoms with Gasteiger partial charge in [-0.2, -0.15) is 0 Å². The van der Waals surface area contributed by atoms with Crippen LogP contribution in [0.4, 0.5) is 0 Å². The van der Waals surface area contributed by atoms with Gasteiger partial charge in [-0.1, -0.05) is 28.9 Å². The van der Waals surface area contributed by atoms with Gasteiger partial charge in [0.25, 0.3) is 0 Å². The first-order valence-corrected chi connectivity index (χ1v) is 7.03. The zero-order valence-electron chi connectivity index (χ0n) is 9.99. The average molecular weight is 283 g/mol. The third-order valence-electron chi connectivity index (χ3n) is 3.47. The number of hydrogen-bond acceptors (Lipinski definition) is 2. The molecule has 2 atom stereocenters. The molecular formula is C13H19BrN2. The molecule has 1 aromatic rings. The van der Waals surface area contributed by atoms with Crippen molar-refractivity contribution in [3.63, 3.8) is 0 Å². The van der Waals surface area contributed by atoms with Gasteiger partial charge in [-0.15, -0.1) is 0 Å². The molecule has 0 spiro atoms. The van der Waals surface area contributed by atoms with Crippen LogP contribution in [0.25, 0.3) is 0 Å². The fourth-order valence-corrected chi connectivity index (χ4v) is 3.52. The summed E-state index contributed by atoms with van der Waals surface area (Å²) >= 11 is 3.63. The van der Waals surface area contributed by atoms with Crippen molar-refractivity contribution in [2.45, 2.75) is 32.9 Å². The molecule has 0 radical (unpaired) electrons. The molecule has 0 saturated carbocycles. The smallest absolute Gasteiger partial charge is 0.0313 e. The number of aromatic nitrogens is 1. The summed E-state index contributed by atoms with van der Waals surface area (Å²) in [7, 11) is 0. The highest BCUT2D eigenvalue weighted by molar-refractivity contribution is 9.09. The maximum absolute atomic E-state index is 4.26. The van der Waals surface area contributed by atoms with Gasteiger partial charge in [-0.25, -0.2) is 0 Å². The second-order valence-corrected chi connectivity index (χ2v) is 5.48. The summed E-state index contributed by atoms with van der Waals surface area (Å²) in [5.41, 5.74) is 2.58. The Bertz CT molecular complexity index is 354. The van der Waals surface area contributed by atoms with E-state index in [2.05, 4.69) is 45.7 Å². The maximum Gasteiger partial charge on any atom is 0.0313 e. The van der Waals surface area contributed by atoms with Gasteiger partial charge in [0.2, 0.25) is 0 Å². The number of hydrogen-bond donors (Lipinski definition) is 0. The molecule has 3 heteroatoms. The Kier molecular flexibility index (Phi) is 3.98. The van der Waals surface area contributed by atoms with Crippen LogP contribution in [0.3, 0.4) is 0 Å². The van der Waals surface area contributed by atoms with E-state index in [0.29, 0.717) is 6.04 Å². The van der Waals surface area contributed by atoms with Gasteiger partial charge in [0, 0.05) is 30.3 Å². The lowest BCUT2D eigenvalue weighted by Crippen LogP contribution is -2.32. The van der Waals surface area contributed by atoms with Crippen LogP contribution in [-0.2, 0) is 6.54 Å². The van der Waals surface area contributed by atoms with Crippen LogP contribution in [0.1, 0.15) is 24.5 Å². The second-order valence-electron chi connectivity index (χ2n) is 4.83. The van der Waals surface area contributed by atoms with E-state index in [1.165, 1.54) is 24.1 Å². The van der Waals surface area contributed by atoms with Crippen molar-refractivity contribution in [3.8, 4) is 0 Å². The minimum absolute atomic E-state index is 0.681. The number of aryl methyl sites for hydroxylation is 1. The van der Waals surface area contributed by atoms with Crippen LogP contribution in [0.2, 0.25) is 0 Å². The van der Waals surface area contributed by atoms with Crippen molar-refractivity contribution in [2.75, 3.05) is 11.9 Å². The van der Waals surface area contributed by atoms with E-state index in [9.17, 15) is 0 Å². The Balaban J connectivity index is 2.04. The summed E-state index contributed by atoms with van der Waals surface area (Å²) in [5, 5.41) is 1.08. The van der Waals surface area contributed by atoms with E-state index in [0.717, 1.165) is 17.8 Å². The normalized spacial score (nSPS) is 26.2. The molecule has 2 rings (SSSR count). The summed E-state index contributed by atoms with van der Waals surface area (Å²) in [6.07, 6.45) is 5.22. The van der Waals surface area contributed by atoms with Crippen molar-refractivity contribution >= 4 is 15.9 Å². The molecule has 1 fully saturated rings. The Hall–Kier alpha value is -0.410. The number of halogens is 1. The van der Waals surface area contributed by atoms with Crippen molar-refractivity contribution < 1.29 is 0 Å². The summed E-state index contributed by atoms with van der Waals surface area (Å²) < 4.78 is 0. The first-order valence-electron chi connectivity index (χ1n) is 5.91. The summed E-state index contributed by atoms with van der Waals surface area (Å²) in [4.78, 5) is 6.82. The molecule has 0 N–H and O–H groups in total. The molecular weight excluding hydrogens is 264 g/mol. The van der Waals surface area contributed by atoms with Crippen molar-refractivity contribution in [2.24, 2.45) is 5.92 Å². The fourth-order valence-electron chi connectivity index (χ4n) is 2.47. The van der Waals surface area contributed by atoms with E-state index in [1.54, 1.807) is 0 Å². The topological polar surface area (TPSA) is 16.1 Å². The number of nitrogens with zero attached hydrogens (tertiary/aromatic N) is 2. The minimum atomic E-state index is 0.681. The molecule has 1 saturated heterocycles. The highest BCUT2D eigenvalue weighted by atomic mass is 79.9. The number of pyridine rings is 1. The zero-order chi connectivity index (χ0) is 11.5. The molecule has 0 aliphatic carbocycles. The van der Waals surface area contributed by atoms with Crippen molar-refractivity contribution in [3.05, 3.63) is 29.6 Å². The SMILES string of the molecule is Cc1cncc(CN2CCC(C)C2CBr)c1. The third-order valence-corrected chi connectivity index (χ3v) is 4.14. The summed E-state index contributed by atoms with van der Waals surface area (Å²) in [6.45, 7) is 6.70. The van der Waals surface area contributed by atoms with Gasteiger partial charge in [0.15, 0.2) is 0 Å². The van der Waals surface area contributed by atoms with Crippen LogP contribution in [0, 0.1) is 12.8 Å². The third kappa shape index (κ3) is 2.64.